The van der Waals surface area contributed by atoms with Crippen LogP contribution in [0.1, 0.15) is 18.9 Å². The summed E-state index contributed by atoms with van der Waals surface area (Å²) in [6.07, 6.45) is 6.02. The van der Waals surface area contributed by atoms with Gasteiger partial charge in [0.2, 0.25) is 5.88 Å². The first kappa shape index (κ1) is 14.9. The molecule has 1 fully saturated rings. The van der Waals surface area contributed by atoms with Crippen molar-refractivity contribution in [1.82, 2.24) is 14.9 Å². The summed E-state index contributed by atoms with van der Waals surface area (Å²) in [5.74, 6) is 1.28. The lowest BCUT2D eigenvalue weighted by atomic mass is 9.90. The van der Waals surface area contributed by atoms with Gasteiger partial charge in [-0.1, -0.05) is 19.1 Å². The number of benzene rings is 1. The van der Waals surface area contributed by atoms with Crippen LogP contribution in [-0.4, -0.2) is 34.5 Å². The van der Waals surface area contributed by atoms with E-state index in [1.807, 2.05) is 12.1 Å². The Balaban J connectivity index is 1.58. The molecule has 1 unspecified atom stereocenters. The zero-order valence-corrected chi connectivity index (χ0v) is 12.9. The van der Waals surface area contributed by atoms with Crippen molar-refractivity contribution >= 4 is 0 Å². The number of aromatic nitrogens is 2. The first-order valence-corrected chi connectivity index (χ1v) is 7.62. The van der Waals surface area contributed by atoms with Crippen molar-refractivity contribution in [2.24, 2.45) is 11.1 Å². The Morgan fingerprint density at radius 3 is 2.73 bits per heavy atom. The maximum atomic E-state index is 5.86. The maximum Gasteiger partial charge on any atom is 0.237 e. The van der Waals surface area contributed by atoms with Gasteiger partial charge in [0.05, 0.1) is 6.20 Å². The van der Waals surface area contributed by atoms with Gasteiger partial charge in [0, 0.05) is 25.5 Å². The quantitative estimate of drug-likeness (QED) is 0.918. The Morgan fingerprint density at radius 2 is 2.09 bits per heavy atom. The van der Waals surface area contributed by atoms with Gasteiger partial charge in [0.25, 0.3) is 0 Å². The van der Waals surface area contributed by atoms with E-state index in [0.717, 1.165) is 31.9 Å². The van der Waals surface area contributed by atoms with Crippen molar-refractivity contribution in [2.75, 3.05) is 19.6 Å². The molecule has 1 aromatic carbocycles. The van der Waals surface area contributed by atoms with E-state index in [0.29, 0.717) is 5.88 Å². The normalized spacial score (nSPS) is 21.9. The number of nitrogens with two attached hydrogens (primary N) is 1. The highest BCUT2D eigenvalue weighted by molar-refractivity contribution is 5.29. The van der Waals surface area contributed by atoms with Crippen molar-refractivity contribution in [3.05, 3.63) is 48.4 Å². The fraction of sp³-hybridized carbons (Fsp3) is 0.412. The van der Waals surface area contributed by atoms with Crippen molar-refractivity contribution < 1.29 is 4.74 Å². The molecule has 2 aromatic rings. The monoisotopic (exact) mass is 298 g/mol. The van der Waals surface area contributed by atoms with E-state index in [2.05, 4.69) is 33.9 Å². The van der Waals surface area contributed by atoms with Gasteiger partial charge < -0.3 is 10.5 Å². The summed E-state index contributed by atoms with van der Waals surface area (Å²) < 4.78 is 5.65. The fourth-order valence-electron chi connectivity index (χ4n) is 2.81. The molecule has 2 N–H and O–H groups in total. The standard InChI is InChI=1S/C17H22N4O/c1-17(12-18)6-9-21(13-17)11-14-2-4-15(5-3-14)22-16-10-19-7-8-20-16/h2-5,7-8,10H,6,9,11-13,18H2,1H3. The smallest absolute Gasteiger partial charge is 0.237 e. The summed E-state index contributed by atoms with van der Waals surface area (Å²) in [6, 6.07) is 8.15. The number of likely N-dealkylation sites (tertiary alicyclic amines) is 1. The minimum Gasteiger partial charge on any atom is -0.438 e. The first-order valence-electron chi connectivity index (χ1n) is 7.62. The number of hydrogen-bond donors (Lipinski definition) is 1. The molecule has 1 atom stereocenters. The molecule has 0 bridgehead atoms. The van der Waals surface area contributed by atoms with E-state index in [9.17, 15) is 0 Å². The van der Waals surface area contributed by atoms with E-state index < -0.39 is 0 Å². The lowest BCUT2D eigenvalue weighted by Crippen LogP contribution is -2.31. The molecule has 3 rings (SSSR count). The van der Waals surface area contributed by atoms with Gasteiger partial charge >= 0.3 is 0 Å². The van der Waals surface area contributed by atoms with Crippen LogP contribution in [0.5, 0.6) is 11.6 Å². The zero-order chi connectivity index (χ0) is 15.4. The van der Waals surface area contributed by atoms with Gasteiger partial charge in [-0.3, -0.25) is 9.88 Å². The van der Waals surface area contributed by atoms with Gasteiger partial charge in [0.1, 0.15) is 5.75 Å². The topological polar surface area (TPSA) is 64.3 Å². The summed E-state index contributed by atoms with van der Waals surface area (Å²) in [6.45, 7) is 6.17. The van der Waals surface area contributed by atoms with Crippen LogP contribution in [0.25, 0.3) is 0 Å². The molecule has 0 amide bonds. The van der Waals surface area contributed by atoms with Crippen LogP contribution in [0.15, 0.2) is 42.9 Å². The van der Waals surface area contributed by atoms with Crippen LogP contribution in [0.2, 0.25) is 0 Å². The zero-order valence-electron chi connectivity index (χ0n) is 12.9. The molecule has 5 heteroatoms. The van der Waals surface area contributed by atoms with Crippen LogP contribution in [-0.2, 0) is 6.54 Å². The van der Waals surface area contributed by atoms with Crippen molar-refractivity contribution in [3.63, 3.8) is 0 Å². The molecule has 116 valence electrons. The number of hydrogen-bond acceptors (Lipinski definition) is 5. The van der Waals surface area contributed by atoms with Gasteiger partial charge in [-0.25, -0.2) is 4.98 Å². The third kappa shape index (κ3) is 3.61. The Morgan fingerprint density at radius 1 is 1.27 bits per heavy atom. The van der Waals surface area contributed by atoms with Crippen molar-refractivity contribution in [3.8, 4) is 11.6 Å². The Hall–Kier alpha value is -1.98. The molecule has 0 radical (unpaired) electrons. The van der Waals surface area contributed by atoms with E-state index >= 15 is 0 Å². The molecule has 1 aliphatic heterocycles. The second-order valence-electron chi connectivity index (χ2n) is 6.27. The fourth-order valence-corrected chi connectivity index (χ4v) is 2.81. The second-order valence-corrected chi connectivity index (χ2v) is 6.27. The molecule has 22 heavy (non-hydrogen) atoms. The third-order valence-electron chi connectivity index (χ3n) is 4.22. The lowest BCUT2D eigenvalue weighted by Gasteiger charge is -2.22. The lowest BCUT2D eigenvalue weighted by molar-refractivity contribution is 0.274. The van der Waals surface area contributed by atoms with Crippen LogP contribution in [0.4, 0.5) is 0 Å². The van der Waals surface area contributed by atoms with Gasteiger partial charge in [-0.2, -0.15) is 0 Å². The van der Waals surface area contributed by atoms with Crippen LogP contribution in [0.3, 0.4) is 0 Å². The number of rotatable bonds is 5. The van der Waals surface area contributed by atoms with Gasteiger partial charge in [-0.15, -0.1) is 0 Å². The second kappa shape index (κ2) is 6.42. The SMILES string of the molecule is CC1(CN)CCN(Cc2ccc(Oc3cnccn3)cc2)C1. The van der Waals surface area contributed by atoms with Gasteiger partial charge in [0.15, 0.2) is 0 Å². The Labute approximate surface area is 131 Å². The molecule has 1 saturated heterocycles. The highest BCUT2D eigenvalue weighted by atomic mass is 16.5. The van der Waals surface area contributed by atoms with Crippen LogP contribution >= 0.6 is 0 Å². The predicted molar refractivity (Wildman–Crippen MR) is 85.6 cm³/mol. The van der Waals surface area contributed by atoms with Crippen LogP contribution in [0, 0.1) is 5.41 Å². The summed E-state index contributed by atoms with van der Waals surface area (Å²) >= 11 is 0. The first-order chi connectivity index (χ1) is 10.7. The molecule has 2 heterocycles. The number of nitrogens with zero attached hydrogens (tertiary/aromatic N) is 3. The molecular formula is C17H22N4O. The number of ether oxygens (including phenoxy) is 1. The molecule has 0 saturated carbocycles. The molecule has 1 aliphatic rings. The average Bonchev–Trinajstić information content (AvgIpc) is 2.92. The van der Waals surface area contributed by atoms with Crippen molar-refractivity contribution in [2.45, 2.75) is 19.9 Å². The minimum absolute atomic E-state index is 0.273. The summed E-state index contributed by atoms with van der Waals surface area (Å²) in [7, 11) is 0. The average molecular weight is 298 g/mol. The van der Waals surface area contributed by atoms with Gasteiger partial charge in [-0.05, 0) is 42.6 Å². The molecule has 0 aliphatic carbocycles. The van der Waals surface area contributed by atoms with E-state index in [4.69, 9.17) is 10.5 Å². The van der Waals surface area contributed by atoms with Crippen LogP contribution < -0.4 is 10.5 Å². The molecule has 1 aromatic heterocycles. The largest absolute Gasteiger partial charge is 0.438 e. The maximum absolute atomic E-state index is 5.86. The Kier molecular flexibility index (Phi) is 4.36. The highest BCUT2D eigenvalue weighted by Crippen LogP contribution is 2.29. The molecule has 0 spiro atoms. The Bertz CT molecular complexity index is 602. The van der Waals surface area contributed by atoms with E-state index in [-0.39, 0.29) is 5.41 Å². The van der Waals surface area contributed by atoms with E-state index in [1.165, 1.54) is 12.0 Å². The molecular weight excluding hydrogens is 276 g/mol. The van der Waals surface area contributed by atoms with E-state index in [1.54, 1.807) is 18.6 Å². The summed E-state index contributed by atoms with van der Waals surface area (Å²) in [5, 5.41) is 0. The highest BCUT2D eigenvalue weighted by Gasteiger charge is 2.32. The predicted octanol–water partition coefficient (Wildman–Crippen LogP) is 2.44. The summed E-state index contributed by atoms with van der Waals surface area (Å²) in [4.78, 5) is 10.5. The third-order valence-corrected chi connectivity index (χ3v) is 4.22. The summed E-state index contributed by atoms with van der Waals surface area (Å²) in [5.41, 5.74) is 7.42. The van der Waals surface area contributed by atoms with Crippen molar-refractivity contribution in [1.29, 1.82) is 0 Å². The molecule has 5 nitrogen and oxygen atoms in total. The minimum atomic E-state index is 0.273.